The highest BCUT2D eigenvalue weighted by Gasteiger charge is 2.32. The molecule has 20 heavy (non-hydrogen) atoms. The Morgan fingerprint density at radius 3 is 2.45 bits per heavy atom. The summed E-state index contributed by atoms with van der Waals surface area (Å²) >= 11 is 0. The normalized spacial score (nSPS) is 29.5. The Bertz CT molecular complexity index is 456. The maximum Gasteiger partial charge on any atom is 0.120 e. The van der Waals surface area contributed by atoms with Gasteiger partial charge in [-0.3, -0.25) is 0 Å². The smallest absolute Gasteiger partial charge is 0.120 e. The summed E-state index contributed by atoms with van der Waals surface area (Å²) < 4.78 is 6.32. The van der Waals surface area contributed by atoms with Crippen molar-refractivity contribution in [2.24, 2.45) is 0 Å². The zero-order valence-corrected chi connectivity index (χ0v) is 13.0. The van der Waals surface area contributed by atoms with Crippen LogP contribution in [0.2, 0.25) is 0 Å². The molecule has 2 heterocycles. The molecule has 3 atom stereocenters. The lowest BCUT2D eigenvalue weighted by molar-refractivity contribution is 0.0926. The van der Waals surface area contributed by atoms with E-state index < -0.39 is 0 Å². The molecule has 0 radical (unpaired) electrons. The second-order valence-electron chi connectivity index (χ2n) is 6.94. The molecule has 1 aromatic carbocycles. The van der Waals surface area contributed by atoms with Crippen LogP contribution >= 0.6 is 0 Å². The van der Waals surface area contributed by atoms with Crippen LogP contribution in [0.4, 0.5) is 0 Å². The van der Waals surface area contributed by atoms with E-state index in [2.05, 4.69) is 44.3 Å². The highest BCUT2D eigenvalue weighted by molar-refractivity contribution is 5.35. The summed E-state index contributed by atoms with van der Waals surface area (Å²) in [7, 11) is 0. The Kier molecular flexibility index (Phi) is 4.02. The van der Waals surface area contributed by atoms with E-state index in [0.29, 0.717) is 24.1 Å². The first-order valence-corrected chi connectivity index (χ1v) is 8.14. The maximum atomic E-state index is 6.32. The molecule has 2 aliphatic heterocycles. The Morgan fingerprint density at radius 2 is 1.80 bits per heavy atom. The Labute approximate surface area is 122 Å². The molecule has 2 bridgehead atoms. The van der Waals surface area contributed by atoms with E-state index in [9.17, 15) is 0 Å². The summed E-state index contributed by atoms with van der Waals surface area (Å²) in [5.74, 6) is 1.63. The lowest BCUT2D eigenvalue weighted by Crippen LogP contribution is -2.51. The first-order valence-electron chi connectivity index (χ1n) is 8.14. The fraction of sp³-hybridized carbons (Fsp3) is 0.667. The molecule has 2 aliphatic rings. The molecule has 0 saturated carbocycles. The molecule has 0 spiro atoms. The molecule has 2 fully saturated rings. The molecule has 0 aliphatic carbocycles. The van der Waals surface area contributed by atoms with Crippen molar-refractivity contribution in [2.75, 3.05) is 0 Å². The van der Waals surface area contributed by atoms with Crippen LogP contribution in [0.3, 0.4) is 0 Å². The van der Waals surface area contributed by atoms with Crippen molar-refractivity contribution >= 4 is 0 Å². The summed E-state index contributed by atoms with van der Waals surface area (Å²) in [4.78, 5) is 0. The van der Waals surface area contributed by atoms with Gasteiger partial charge in [0.25, 0.3) is 0 Å². The second kappa shape index (κ2) is 5.77. The highest BCUT2D eigenvalue weighted by Crippen LogP contribution is 2.30. The number of hydrogen-bond donors (Lipinski definition) is 1. The van der Waals surface area contributed by atoms with Gasteiger partial charge in [-0.15, -0.1) is 0 Å². The van der Waals surface area contributed by atoms with E-state index >= 15 is 0 Å². The number of hydrogen-bond acceptors (Lipinski definition) is 2. The van der Waals surface area contributed by atoms with Crippen LogP contribution < -0.4 is 10.1 Å². The third-order valence-electron chi connectivity index (χ3n) is 4.71. The van der Waals surface area contributed by atoms with Crippen molar-refractivity contribution in [3.8, 4) is 5.75 Å². The molecular weight excluding hydrogens is 246 g/mol. The van der Waals surface area contributed by atoms with Crippen LogP contribution in [0.15, 0.2) is 18.2 Å². The number of benzene rings is 1. The lowest BCUT2D eigenvalue weighted by atomic mass is 9.85. The predicted octanol–water partition coefficient (Wildman–Crippen LogP) is 4.17. The van der Waals surface area contributed by atoms with E-state index in [-0.39, 0.29) is 0 Å². The fourth-order valence-electron chi connectivity index (χ4n) is 3.68. The summed E-state index contributed by atoms with van der Waals surface area (Å²) in [5, 5.41) is 3.73. The van der Waals surface area contributed by atoms with E-state index in [1.165, 1.54) is 43.2 Å². The number of aryl methyl sites for hydroxylation is 1. The average molecular weight is 273 g/mol. The maximum absolute atomic E-state index is 6.32. The molecular formula is C18H27NO. The molecule has 0 aromatic heterocycles. The van der Waals surface area contributed by atoms with Gasteiger partial charge in [0, 0.05) is 12.1 Å². The summed E-state index contributed by atoms with van der Waals surface area (Å²) in [6.45, 7) is 6.65. The predicted molar refractivity (Wildman–Crippen MR) is 83.5 cm³/mol. The first kappa shape index (κ1) is 13.9. The molecule has 0 amide bonds. The van der Waals surface area contributed by atoms with Gasteiger partial charge < -0.3 is 10.1 Å². The van der Waals surface area contributed by atoms with Gasteiger partial charge in [0.05, 0.1) is 0 Å². The van der Waals surface area contributed by atoms with Gasteiger partial charge in [-0.05, 0) is 61.8 Å². The zero-order valence-electron chi connectivity index (χ0n) is 13.0. The SMILES string of the molecule is Cc1cc(OC2C[C@H]3CCC[C@@H](C2)N3)cc(C(C)C)c1. The van der Waals surface area contributed by atoms with Gasteiger partial charge >= 0.3 is 0 Å². The molecule has 110 valence electrons. The number of fused-ring (bicyclic) bond motifs is 2. The van der Waals surface area contributed by atoms with E-state index in [4.69, 9.17) is 4.74 Å². The highest BCUT2D eigenvalue weighted by atomic mass is 16.5. The van der Waals surface area contributed by atoms with Crippen molar-refractivity contribution in [3.05, 3.63) is 29.3 Å². The molecule has 1 aromatic rings. The molecule has 1 N–H and O–H groups in total. The van der Waals surface area contributed by atoms with Crippen molar-refractivity contribution in [1.82, 2.24) is 5.32 Å². The minimum absolute atomic E-state index is 0.397. The standard InChI is InChI=1S/C18H27NO/c1-12(2)14-7-13(3)8-17(9-14)20-18-10-15-5-4-6-16(11-18)19-15/h7-9,12,15-16,18-19H,4-6,10-11H2,1-3H3/t15-,16+,18?. The van der Waals surface area contributed by atoms with Crippen LogP contribution in [-0.4, -0.2) is 18.2 Å². The van der Waals surface area contributed by atoms with Crippen LogP contribution in [-0.2, 0) is 0 Å². The summed E-state index contributed by atoms with van der Waals surface area (Å²) in [6, 6.07) is 8.05. The van der Waals surface area contributed by atoms with Gasteiger partial charge in [-0.25, -0.2) is 0 Å². The largest absolute Gasteiger partial charge is 0.490 e. The van der Waals surface area contributed by atoms with Crippen LogP contribution in [0.1, 0.15) is 63.0 Å². The Morgan fingerprint density at radius 1 is 1.10 bits per heavy atom. The van der Waals surface area contributed by atoms with Crippen molar-refractivity contribution in [1.29, 1.82) is 0 Å². The van der Waals surface area contributed by atoms with Gasteiger partial charge in [-0.2, -0.15) is 0 Å². The summed E-state index contributed by atoms with van der Waals surface area (Å²) in [6.07, 6.45) is 6.76. The molecule has 2 nitrogen and oxygen atoms in total. The monoisotopic (exact) mass is 273 g/mol. The minimum Gasteiger partial charge on any atom is -0.490 e. The zero-order chi connectivity index (χ0) is 14.1. The third kappa shape index (κ3) is 3.17. The average Bonchev–Trinajstić information content (AvgIpc) is 2.37. The van der Waals surface area contributed by atoms with E-state index in [1.807, 2.05) is 0 Å². The van der Waals surface area contributed by atoms with Crippen molar-refractivity contribution in [3.63, 3.8) is 0 Å². The number of nitrogens with one attached hydrogen (secondary N) is 1. The quantitative estimate of drug-likeness (QED) is 0.892. The topological polar surface area (TPSA) is 21.3 Å². The molecule has 3 rings (SSSR count). The third-order valence-corrected chi connectivity index (χ3v) is 4.71. The second-order valence-corrected chi connectivity index (χ2v) is 6.94. The molecule has 1 unspecified atom stereocenters. The number of ether oxygens (including phenoxy) is 1. The van der Waals surface area contributed by atoms with Crippen LogP contribution in [0.25, 0.3) is 0 Å². The van der Waals surface area contributed by atoms with Gasteiger partial charge in [-0.1, -0.05) is 26.3 Å². The summed E-state index contributed by atoms with van der Waals surface area (Å²) in [5.41, 5.74) is 2.69. The van der Waals surface area contributed by atoms with Crippen molar-refractivity contribution < 1.29 is 4.74 Å². The van der Waals surface area contributed by atoms with Gasteiger partial charge in [0.15, 0.2) is 0 Å². The number of piperidine rings is 2. The number of rotatable bonds is 3. The van der Waals surface area contributed by atoms with Gasteiger partial charge in [0.1, 0.15) is 11.9 Å². The fourth-order valence-corrected chi connectivity index (χ4v) is 3.68. The Hall–Kier alpha value is -1.02. The first-order chi connectivity index (χ1) is 9.60. The van der Waals surface area contributed by atoms with E-state index in [0.717, 1.165) is 5.75 Å². The van der Waals surface area contributed by atoms with Crippen molar-refractivity contribution in [2.45, 2.75) is 77.0 Å². The van der Waals surface area contributed by atoms with Gasteiger partial charge in [0.2, 0.25) is 0 Å². The minimum atomic E-state index is 0.397. The molecule has 2 saturated heterocycles. The molecule has 2 heteroatoms. The van der Waals surface area contributed by atoms with Crippen LogP contribution in [0.5, 0.6) is 5.75 Å². The Balaban J connectivity index is 1.71. The van der Waals surface area contributed by atoms with E-state index in [1.54, 1.807) is 0 Å². The van der Waals surface area contributed by atoms with Crippen LogP contribution in [0, 0.1) is 6.92 Å². The lowest BCUT2D eigenvalue weighted by Gasteiger charge is -2.40.